The molecule has 6 nitrogen and oxygen atoms in total. The summed E-state index contributed by atoms with van der Waals surface area (Å²) in [5, 5.41) is 0.680. The van der Waals surface area contributed by atoms with Gasteiger partial charge in [0.15, 0.2) is 23.0 Å². The van der Waals surface area contributed by atoms with Gasteiger partial charge in [0.25, 0.3) is 0 Å². The van der Waals surface area contributed by atoms with Crippen molar-refractivity contribution in [3.8, 4) is 23.0 Å². The number of hydrogen-bond acceptors (Lipinski definition) is 6. The standard InChI is InChI=1S/C22H26ClNO5/c1-25-19-6-5-15(8-20(19)26-2)11-24(13-17-4-3-7-27-17)12-16-9-21-22(10-18(16)23)29-14-28-21/h5-6,8-10,17H,3-4,7,11-14H2,1-2H3/t17-/m1/s1. The second-order valence-electron chi connectivity index (χ2n) is 7.29. The largest absolute Gasteiger partial charge is 0.493 e. The monoisotopic (exact) mass is 419 g/mol. The third-order valence-corrected chi connectivity index (χ3v) is 5.63. The summed E-state index contributed by atoms with van der Waals surface area (Å²) < 4.78 is 27.6. The number of benzene rings is 2. The van der Waals surface area contributed by atoms with E-state index in [-0.39, 0.29) is 12.9 Å². The average molecular weight is 420 g/mol. The van der Waals surface area contributed by atoms with Crippen LogP contribution >= 0.6 is 11.6 Å². The molecule has 0 bridgehead atoms. The van der Waals surface area contributed by atoms with Crippen molar-refractivity contribution in [2.24, 2.45) is 0 Å². The minimum absolute atomic E-state index is 0.236. The zero-order valence-electron chi connectivity index (χ0n) is 16.8. The summed E-state index contributed by atoms with van der Waals surface area (Å²) in [5.41, 5.74) is 2.15. The lowest BCUT2D eigenvalue weighted by atomic mass is 10.1. The third-order valence-electron chi connectivity index (χ3n) is 5.28. The molecule has 2 heterocycles. The average Bonchev–Trinajstić information content (AvgIpc) is 3.39. The molecular formula is C22H26ClNO5. The van der Waals surface area contributed by atoms with Gasteiger partial charge in [-0.3, -0.25) is 4.90 Å². The van der Waals surface area contributed by atoms with Gasteiger partial charge < -0.3 is 23.7 Å². The highest BCUT2D eigenvalue weighted by molar-refractivity contribution is 6.31. The Hall–Kier alpha value is -2.15. The van der Waals surface area contributed by atoms with Gasteiger partial charge in [0.1, 0.15) is 0 Å². The number of hydrogen-bond donors (Lipinski definition) is 0. The van der Waals surface area contributed by atoms with Crippen molar-refractivity contribution in [3.05, 3.63) is 46.5 Å². The summed E-state index contributed by atoms with van der Waals surface area (Å²) in [6.07, 6.45) is 2.43. The van der Waals surface area contributed by atoms with Crippen molar-refractivity contribution < 1.29 is 23.7 Å². The summed E-state index contributed by atoms with van der Waals surface area (Å²) in [4.78, 5) is 2.35. The molecule has 1 atom stereocenters. The maximum Gasteiger partial charge on any atom is 0.231 e. The minimum atomic E-state index is 0.236. The Bertz CT molecular complexity index is 853. The molecule has 0 saturated carbocycles. The van der Waals surface area contributed by atoms with Gasteiger partial charge in [-0.05, 0) is 42.2 Å². The van der Waals surface area contributed by atoms with Crippen molar-refractivity contribution in [1.29, 1.82) is 0 Å². The molecule has 0 unspecified atom stereocenters. The topological polar surface area (TPSA) is 49.4 Å². The Kier molecular flexibility index (Phi) is 6.33. The van der Waals surface area contributed by atoms with E-state index in [2.05, 4.69) is 11.0 Å². The third kappa shape index (κ3) is 4.71. The number of fused-ring (bicyclic) bond motifs is 1. The van der Waals surface area contributed by atoms with Crippen molar-refractivity contribution in [1.82, 2.24) is 4.90 Å². The van der Waals surface area contributed by atoms with Crippen molar-refractivity contribution >= 4 is 11.6 Å². The van der Waals surface area contributed by atoms with Gasteiger partial charge in [-0.25, -0.2) is 0 Å². The SMILES string of the molecule is COc1ccc(CN(Cc2cc3c(cc2Cl)OCO3)C[C@H]2CCCO2)cc1OC. The Morgan fingerprint density at radius 2 is 1.83 bits per heavy atom. The van der Waals surface area contributed by atoms with Crippen LogP contribution in [0.25, 0.3) is 0 Å². The Morgan fingerprint density at radius 3 is 2.55 bits per heavy atom. The molecule has 0 amide bonds. The van der Waals surface area contributed by atoms with Crippen LogP contribution in [-0.4, -0.2) is 45.2 Å². The van der Waals surface area contributed by atoms with E-state index in [1.807, 2.05) is 24.3 Å². The van der Waals surface area contributed by atoms with Crippen LogP contribution in [0.3, 0.4) is 0 Å². The fraction of sp³-hybridized carbons (Fsp3) is 0.455. The molecule has 0 aromatic heterocycles. The maximum atomic E-state index is 6.53. The number of halogens is 1. The molecule has 2 aliphatic rings. The zero-order valence-corrected chi connectivity index (χ0v) is 17.5. The quantitative estimate of drug-likeness (QED) is 0.637. The second kappa shape index (κ2) is 9.11. The molecule has 29 heavy (non-hydrogen) atoms. The molecule has 156 valence electrons. The van der Waals surface area contributed by atoms with Gasteiger partial charge in [-0.1, -0.05) is 17.7 Å². The van der Waals surface area contributed by atoms with Gasteiger partial charge in [0.05, 0.1) is 20.3 Å². The number of ether oxygens (including phenoxy) is 5. The van der Waals surface area contributed by atoms with E-state index >= 15 is 0 Å². The summed E-state index contributed by atoms with van der Waals surface area (Å²) in [6.45, 7) is 3.33. The molecule has 2 aromatic carbocycles. The first kappa shape index (κ1) is 20.1. The van der Waals surface area contributed by atoms with E-state index in [0.29, 0.717) is 17.3 Å². The molecular weight excluding hydrogens is 394 g/mol. The zero-order chi connectivity index (χ0) is 20.2. The van der Waals surface area contributed by atoms with Gasteiger partial charge in [0.2, 0.25) is 6.79 Å². The van der Waals surface area contributed by atoms with Crippen LogP contribution in [0.2, 0.25) is 5.02 Å². The van der Waals surface area contributed by atoms with Crippen LogP contribution in [0.5, 0.6) is 23.0 Å². The first-order valence-electron chi connectivity index (χ1n) is 9.79. The highest BCUT2D eigenvalue weighted by atomic mass is 35.5. The Morgan fingerprint density at radius 1 is 1.03 bits per heavy atom. The van der Waals surface area contributed by atoms with Crippen LogP contribution in [0.15, 0.2) is 30.3 Å². The summed E-state index contributed by atoms with van der Waals surface area (Å²) in [6, 6.07) is 9.82. The Labute approximate surface area is 176 Å². The molecule has 1 fully saturated rings. The molecule has 2 aromatic rings. The predicted octanol–water partition coefficient (Wildman–Crippen LogP) is 4.27. The lowest BCUT2D eigenvalue weighted by Gasteiger charge is -2.26. The molecule has 0 N–H and O–H groups in total. The summed E-state index contributed by atoms with van der Waals surface area (Å²) >= 11 is 6.53. The van der Waals surface area contributed by atoms with E-state index in [1.54, 1.807) is 14.2 Å². The molecule has 4 rings (SSSR count). The van der Waals surface area contributed by atoms with E-state index in [4.69, 9.17) is 35.3 Å². The maximum absolute atomic E-state index is 6.53. The van der Waals surface area contributed by atoms with E-state index < -0.39 is 0 Å². The molecule has 0 radical (unpaired) electrons. The van der Waals surface area contributed by atoms with Crippen LogP contribution in [0, 0.1) is 0 Å². The minimum Gasteiger partial charge on any atom is -0.493 e. The molecule has 1 saturated heterocycles. The summed E-state index contributed by atoms with van der Waals surface area (Å²) in [7, 11) is 3.29. The molecule has 7 heteroatoms. The predicted molar refractivity (Wildman–Crippen MR) is 110 cm³/mol. The van der Waals surface area contributed by atoms with E-state index in [1.165, 1.54) is 0 Å². The van der Waals surface area contributed by atoms with Crippen LogP contribution in [-0.2, 0) is 17.8 Å². The van der Waals surface area contributed by atoms with Crippen LogP contribution in [0.1, 0.15) is 24.0 Å². The van der Waals surface area contributed by atoms with Crippen molar-refractivity contribution in [2.45, 2.75) is 32.0 Å². The smallest absolute Gasteiger partial charge is 0.231 e. The van der Waals surface area contributed by atoms with E-state index in [0.717, 1.165) is 60.9 Å². The van der Waals surface area contributed by atoms with Crippen molar-refractivity contribution in [2.75, 3.05) is 34.2 Å². The first-order valence-corrected chi connectivity index (χ1v) is 10.2. The number of methoxy groups -OCH3 is 2. The lowest BCUT2D eigenvalue weighted by Crippen LogP contribution is -2.31. The molecule has 2 aliphatic heterocycles. The van der Waals surface area contributed by atoms with Gasteiger partial charge >= 0.3 is 0 Å². The molecule has 0 spiro atoms. The van der Waals surface area contributed by atoms with Crippen molar-refractivity contribution in [3.63, 3.8) is 0 Å². The van der Waals surface area contributed by atoms with Gasteiger partial charge in [0, 0.05) is 37.3 Å². The van der Waals surface area contributed by atoms with E-state index in [9.17, 15) is 0 Å². The normalized spacial score (nSPS) is 17.7. The highest BCUT2D eigenvalue weighted by Gasteiger charge is 2.22. The first-order chi connectivity index (χ1) is 14.2. The van der Waals surface area contributed by atoms with Gasteiger partial charge in [-0.2, -0.15) is 0 Å². The fourth-order valence-electron chi connectivity index (χ4n) is 3.82. The molecule has 0 aliphatic carbocycles. The van der Waals surface area contributed by atoms with Crippen LogP contribution < -0.4 is 18.9 Å². The second-order valence-corrected chi connectivity index (χ2v) is 7.70. The Balaban J connectivity index is 1.55. The van der Waals surface area contributed by atoms with Crippen LogP contribution in [0.4, 0.5) is 0 Å². The number of nitrogens with zero attached hydrogens (tertiary/aromatic N) is 1. The number of rotatable bonds is 8. The fourth-order valence-corrected chi connectivity index (χ4v) is 4.03. The lowest BCUT2D eigenvalue weighted by molar-refractivity contribution is 0.0679. The highest BCUT2D eigenvalue weighted by Crippen LogP contribution is 2.37. The summed E-state index contributed by atoms with van der Waals surface area (Å²) in [5.74, 6) is 2.89. The van der Waals surface area contributed by atoms with Gasteiger partial charge in [-0.15, -0.1) is 0 Å².